The summed E-state index contributed by atoms with van der Waals surface area (Å²) < 4.78 is 9.39. The maximum atomic E-state index is 10.5. The molecule has 0 aromatic rings. The van der Waals surface area contributed by atoms with E-state index >= 15 is 0 Å². The Bertz CT molecular complexity index is 117. The molecular formula is C8H17NO3. The number of carbonyl (C=O) groups excluding carboxylic acids is 1. The van der Waals surface area contributed by atoms with Crippen LogP contribution >= 0.6 is 0 Å². The Labute approximate surface area is 73.2 Å². The molecule has 0 rings (SSSR count). The van der Waals surface area contributed by atoms with Gasteiger partial charge < -0.3 is 14.8 Å². The molecule has 0 bridgehead atoms. The van der Waals surface area contributed by atoms with Crippen LogP contribution in [0.3, 0.4) is 0 Å². The molecule has 0 atom stereocenters. The van der Waals surface area contributed by atoms with Gasteiger partial charge in [-0.2, -0.15) is 0 Å². The van der Waals surface area contributed by atoms with Gasteiger partial charge in [0.1, 0.15) is 6.61 Å². The number of nitrogens with one attached hydrogen (secondary N) is 1. The molecule has 0 saturated heterocycles. The predicted molar refractivity (Wildman–Crippen MR) is 46.0 cm³/mol. The number of methoxy groups -OCH3 is 1. The minimum Gasteiger partial charge on any atom is -0.467 e. The second kappa shape index (κ2) is 8.49. The fraction of sp³-hybridized carbons (Fsp3) is 0.875. The molecule has 0 fully saturated rings. The molecule has 12 heavy (non-hydrogen) atoms. The molecule has 0 aromatic heterocycles. The molecule has 4 nitrogen and oxygen atoms in total. The maximum absolute atomic E-state index is 10.5. The molecule has 1 N–H and O–H groups in total. The van der Waals surface area contributed by atoms with E-state index in [1.54, 1.807) is 0 Å². The van der Waals surface area contributed by atoms with E-state index < -0.39 is 0 Å². The molecule has 0 spiro atoms. The average Bonchev–Trinajstić information content (AvgIpc) is 2.10. The number of ether oxygens (including phenoxy) is 2. The van der Waals surface area contributed by atoms with Crippen LogP contribution in [0, 0.1) is 0 Å². The van der Waals surface area contributed by atoms with E-state index in [-0.39, 0.29) is 12.6 Å². The number of rotatable bonds is 7. The van der Waals surface area contributed by atoms with E-state index in [0.717, 1.165) is 19.5 Å². The van der Waals surface area contributed by atoms with Gasteiger partial charge in [0.15, 0.2) is 0 Å². The van der Waals surface area contributed by atoms with Gasteiger partial charge >= 0.3 is 5.97 Å². The summed E-state index contributed by atoms with van der Waals surface area (Å²) in [6.07, 6.45) is 1.11. The molecule has 0 radical (unpaired) electrons. The summed E-state index contributed by atoms with van der Waals surface area (Å²) in [5.41, 5.74) is 0. The van der Waals surface area contributed by atoms with Gasteiger partial charge in [-0.15, -0.1) is 0 Å². The van der Waals surface area contributed by atoms with Gasteiger partial charge in [-0.05, 0) is 13.0 Å². The monoisotopic (exact) mass is 175 g/mol. The largest absolute Gasteiger partial charge is 0.467 e. The van der Waals surface area contributed by atoms with Crippen LogP contribution in [0.15, 0.2) is 0 Å². The fourth-order valence-electron chi connectivity index (χ4n) is 0.661. The van der Waals surface area contributed by atoms with Gasteiger partial charge in [-0.1, -0.05) is 6.92 Å². The van der Waals surface area contributed by atoms with E-state index in [1.807, 2.05) is 0 Å². The Balaban J connectivity index is 2.95. The van der Waals surface area contributed by atoms with E-state index in [0.29, 0.717) is 6.61 Å². The minimum atomic E-state index is -0.328. The lowest BCUT2D eigenvalue weighted by Gasteiger charge is -2.03. The van der Waals surface area contributed by atoms with Crippen LogP contribution in [0.2, 0.25) is 0 Å². The molecule has 0 amide bonds. The lowest BCUT2D eigenvalue weighted by Crippen LogP contribution is -2.22. The highest BCUT2D eigenvalue weighted by molar-refractivity contribution is 5.70. The third-order valence-corrected chi connectivity index (χ3v) is 1.30. The first-order valence-corrected chi connectivity index (χ1v) is 4.16. The van der Waals surface area contributed by atoms with E-state index in [2.05, 4.69) is 17.0 Å². The molecule has 0 aliphatic heterocycles. The van der Waals surface area contributed by atoms with Crippen molar-refractivity contribution in [2.75, 3.05) is 33.4 Å². The summed E-state index contributed by atoms with van der Waals surface area (Å²) in [6.45, 7) is 4.47. The van der Waals surface area contributed by atoms with Crippen LogP contribution in [0.4, 0.5) is 0 Å². The van der Waals surface area contributed by atoms with Crippen LogP contribution in [-0.4, -0.2) is 39.4 Å². The lowest BCUT2D eigenvalue weighted by atomic mass is 10.5. The van der Waals surface area contributed by atoms with Crippen molar-refractivity contribution < 1.29 is 14.3 Å². The fourth-order valence-corrected chi connectivity index (χ4v) is 0.661. The maximum Gasteiger partial charge on any atom is 0.331 e. The quantitative estimate of drug-likeness (QED) is 0.443. The van der Waals surface area contributed by atoms with Crippen molar-refractivity contribution in [3.05, 3.63) is 0 Å². The molecule has 0 heterocycles. The molecule has 0 saturated carbocycles. The van der Waals surface area contributed by atoms with Crippen LogP contribution in [-0.2, 0) is 14.3 Å². The van der Waals surface area contributed by atoms with Gasteiger partial charge in [0.2, 0.25) is 0 Å². The zero-order valence-corrected chi connectivity index (χ0v) is 7.76. The van der Waals surface area contributed by atoms with Crippen molar-refractivity contribution in [1.82, 2.24) is 5.32 Å². The first-order valence-electron chi connectivity index (χ1n) is 4.16. The second-order valence-electron chi connectivity index (χ2n) is 2.38. The predicted octanol–water partition coefficient (Wildman–Crippen LogP) is 0.176. The first-order chi connectivity index (χ1) is 5.81. The Kier molecular flexibility index (Phi) is 8.05. The minimum absolute atomic E-state index is 0.0459. The summed E-state index contributed by atoms with van der Waals surface area (Å²) in [6, 6.07) is 0. The molecule has 0 aromatic carbocycles. The second-order valence-corrected chi connectivity index (χ2v) is 2.38. The molecule has 0 unspecified atom stereocenters. The van der Waals surface area contributed by atoms with Crippen molar-refractivity contribution >= 4 is 5.97 Å². The highest BCUT2D eigenvalue weighted by atomic mass is 16.6. The van der Waals surface area contributed by atoms with Gasteiger partial charge in [-0.3, -0.25) is 0 Å². The molecule has 0 aliphatic rings. The highest BCUT2D eigenvalue weighted by Gasteiger charge is 1.97. The zero-order chi connectivity index (χ0) is 9.23. The smallest absolute Gasteiger partial charge is 0.331 e. The molecule has 4 heteroatoms. The summed E-state index contributed by atoms with van der Waals surface area (Å²) in [5.74, 6) is -0.328. The van der Waals surface area contributed by atoms with Gasteiger partial charge in [0.25, 0.3) is 0 Å². The van der Waals surface area contributed by atoms with Crippen LogP contribution in [0.25, 0.3) is 0 Å². The van der Waals surface area contributed by atoms with Crippen LogP contribution in [0.1, 0.15) is 13.3 Å². The summed E-state index contributed by atoms with van der Waals surface area (Å²) in [5, 5.41) is 3.15. The van der Waals surface area contributed by atoms with Crippen molar-refractivity contribution in [2.45, 2.75) is 13.3 Å². The summed E-state index contributed by atoms with van der Waals surface area (Å²) in [4.78, 5) is 10.5. The third-order valence-electron chi connectivity index (χ3n) is 1.30. The summed E-state index contributed by atoms with van der Waals surface area (Å²) in [7, 11) is 1.35. The highest BCUT2D eigenvalue weighted by Crippen LogP contribution is 1.77. The number of hydrogen-bond donors (Lipinski definition) is 1. The van der Waals surface area contributed by atoms with Crippen molar-refractivity contribution in [3.8, 4) is 0 Å². The Morgan fingerprint density at radius 1 is 1.42 bits per heavy atom. The topological polar surface area (TPSA) is 47.6 Å². The Hall–Kier alpha value is -0.610. The lowest BCUT2D eigenvalue weighted by molar-refractivity contribution is -0.145. The Morgan fingerprint density at radius 2 is 2.17 bits per heavy atom. The molecule has 0 aliphatic carbocycles. The first kappa shape index (κ1) is 11.4. The zero-order valence-electron chi connectivity index (χ0n) is 7.76. The van der Waals surface area contributed by atoms with E-state index in [4.69, 9.17) is 4.74 Å². The van der Waals surface area contributed by atoms with Crippen LogP contribution in [0.5, 0.6) is 0 Å². The van der Waals surface area contributed by atoms with E-state index in [1.165, 1.54) is 7.11 Å². The SMILES string of the molecule is CCCNCCOCC(=O)OC. The number of esters is 1. The van der Waals surface area contributed by atoms with Gasteiger partial charge in [0.05, 0.1) is 13.7 Å². The van der Waals surface area contributed by atoms with Gasteiger partial charge in [-0.25, -0.2) is 4.79 Å². The van der Waals surface area contributed by atoms with Crippen LogP contribution < -0.4 is 5.32 Å². The summed E-state index contributed by atoms with van der Waals surface area (Å²) >= 11 is 0. The molecule has 72 valence electrons. The normalized spacial score (nSPS) is 9.83. The Morgan fingerprint density at radius 3 is 2.75 bits per heavy atom. The molecular weight excluding hydrogens is 158 g/mol. The van der Waals surface area contributed by atoms with Crippen molar-refractivity contribution in [1.29, 1.82) is 0 Å². The standard InChI is InChI=1S/C8H17NO3/c1-3-4-9-5-6-12-7-8(10)11-2/h9H,3-7H2,1-2H3. The van der Waals surface area contributed by atoms with Crippen molar-refractivity contribution in [3.63, 3.8) is 0 Å². The number of hydrogen-bond acceptors (Lipinski definition) is 4. The number of carbonyl (C=O) groups is 1. The van der Waals surface area contributed by atoms with Gasteiger partial charge in [0, 0.05) is 6.54 Å². The third kappa shape index (κ3) is 7.50. The van der Waals surface area contributed by atoms with E-state index in [9.17, 15) is 4.79 Å². The van der Waals surface area contributed by atoms with Crippen molar-refractivity contribution in [2.24, 2.45) is 0 Å². The average molecular weight is 175 g/mol.